The lowest BCUT2D eigenvalue weighted by Crippen LogP contribution is -2.51. The fourth-order valence-corrected chi connectivity index (χ4v) is 4.75. The summed E-state index contributed by atoms with van der Waals surface area (Å²) in [5.41, 5.74) is 2.41. The van der Waals surface area contributed by atoms with Gasteiger partial charge >= 0.3 is 0 Å². The summed E-state index contributed by atoms with van der Waals surface area (Å²) in [7, 11) is 1.92. The van der Waals surface area contributed by atoms with Crippen LogP contribution in [0, 0.1) is 12.3 Å². The first-order chi connectivity index (χ1) is 12.9. The van der Waals surface area contributed by atoms with E-state index in [1.165, 1.54) is 5.56 Å². The molecule has 6 heteroatoms. The van der Waals surface area contributed by atoms with E-state index in [9.17, 15) is 14.7 Å². The summed E-state index contributed by atoms with van der Waals surface area (Å²) in [6.07, 6.45) is 2.47. The molecular formula is C21H27N3O3. The number of hydrogen-bond acceptors (Lipinski definition) is 3. The van der Waals surface area contributed by atoms with Crippen LogP contribution in [0.15, 0.2) is 24.3 Å². The fourth-order valence-electron chi connectivity index (χ4n) is 4.75. The highest BCUT2D eigenvalue weighted by Gasteiger charge is 2.49. The number of aryl methyl sites for hydroxylation is 2. The summed E-state index contributed by atoms with van der Waals surface area (Å²) in [6, 6.07) is 8.15. The topological polar surface area (TPSA) is 65.8 Å². The van der Waals surface area contributed by atoms with Gasteiger partial charge in [0.15, 0.2) is 0 Å². The summed E-state index contributed by atoms with van der Waals surface area (Å²) in [5, 5.41) is 10.3. The van der Waals surface area contributed by atoms with E-state index in [0.717, 1.165) is 23.7 Å². The number of aliphatic hydroxyl groups is 1. The Bertz CT molecular complexity index is 901. The zero-order chi connectivity index (χ0) is 19.2. The van der Waals surface area contributed by atoms with Gasteiger partial charge in [-0.15, -0.1) is 0 Å². The minimum absolute atomic E-state index is 0.00434. The van der Waals surface area contributed by atoms with E-state index in [-0.39, 0.29) is 18.4 Å². The zero-order valence-corrected chi connectivity index (χ0v) is 16.1. The second kappa shape index (κ2) is 6.68. The van der Waals surface area contributed by atoms with Crippen molar-refractivity contribution in [3.63, 3.8) is 0 Å². The van der Waals surface area contributed by atoms with Crippen molar-refractivity contribution in [2.45, 2.75) is 26.2 Å². The highest BCUT2D eigenvalue weighted by molar-refractivity contribution is 5.99. The highest BCUT2D eigenvalue weighted by atomic mass is 16.3. The van der Waals surface area contributed by atoms with Gasteiger partial charge in [0.1, 0.15) is 5.69 Å². The quantitative estimate of drug-likeness (QED) is 0.899. The Morgan fingerprint density at radius 2 is 2.04 bits per heavy atom. The molecule has 2 amide bonds. The maximum Gasteiger partial charge on any atom is 0.270 e. The number of nitrogens with zero attached hydrogens (tertiary/aromatic N) is 3. The van der Waals surface area contributed by atoms with Crippen LogP contribution in [-0.4, -0.2) is 64.1 Å². The normalized spacial score (nSPS) is 23.0. The monoisotopic (exact) mass is 369 g/mol. The number of aromatic nitrogens is 1. The summed E-state index contributed by atoms with van der Waals surface area (Å²) >= 11 is 0. The van der Waals surface area contributed by atoms with Crippen LogP contribution in [0.3, 0.4) is 0 Å². The highest BCUT2D eigenvalue weighted by Crippen LogP contribution is 2.40. The fraction of sp³-hybridized carbons (Fsp3) is 0.524. The molecule has 1 atom stereocenters. The number of carbonyl (C=O) groups excluding carboxylic acids is 2. The van der Waals surface area contributed by atoms with Crippen LogP contribution >= 0.6 is 0 Å². The minimum Gasteiger partial charge on any atom is -0.395 e. The number of fused-ring (bicyclic) bond motifs is 1. The molecule has 0 aliphatic carbocycles. The average molecular weight is 369 g/mol. The number of amides is 2. The molecule has 0 bridgehead atoms. The molecule has 2 saturated heterocycles. The van der Waals surface area contributed by atoms with Crippen molar-refractivity contribution >= 4 is 22.7 Å². The maximum atomic E-state index is 13.2. The van der Waals surface area contributed by atoms with E-state index in [0.29, 0.717) is 38.3 Å². The summed E-state index contributed by atoms with van der Waals surface area (Å²) < 4.78 is 1.95. The molecule has 1 N–H and O–H groups in total. The number of piperidine rings is 1. The first kappa shape index (κ1) is 18.0. The second-order valence-corrected chi connectivity index (χ2v) is 8.03. The van der Waals surface area contributed by atoms with Crippen molar-refractivity contribution in [3.05, 3.63) is 35.5 Å². The smallest absolute Gasteiger partial charge is 0.270 e. The average Bonchev–Trinajstić information content (AvgIpc) is 3.21. The van der Waals surface area contributed by atoms with Crippen LogP contribution in [0.5, 0.6) is 0 Å². The van der Waals surface area contributed by atoms with Crippen LogP contribution < -0.4 is 0 Å². The Morgan fingerprint density at radius 3 is 2.81 bits per heavy atom. The van der Waals surface area contributed by atoms with Gasteiger partial charge in [-0.05, 0) is 44.4 Å². The lowest BCUT2D eigenvalue weighted by atomic mass is 9.78. The molecule has 2 aliphatic heterocycles. The number of aliphatic hydroxyl groups excluding tert-OH is 1. The first-order valence-corrected chi connectivity index (χ1v) is 9.71. The summed E-state index contributed by atoms with van der Waals surface area (Å²) in [6.45, 7) is 4.21. The van der Waals surface area contributed by atoms with Crippen molar-refractivity contribution in [3.8, 4) is 0 Å². The molecule has 0 unspecified atom stereocenters. The zero-order valence-electron chi connectivity index (χ0n) is 16.1. The molecule has 1 spiro atoms. The van der Waals surface area contributed by atoms with Gasteiger partial charge in [0.2, 0.25) is 5.91 Å². The van der Waals surface area contributed by atoms with E-state index in [4.69, 9.17) is 0 Å². The van der Waals surface area contributed by atoms with Crippen molar-refractivity contribution in [1.82, 2.24) is 14.4 Å². The third-order valence-electron chi connectivity index (χ3n) is 6.25. The molecule has 2 aliphatic rings. The van der Waals surface area contributed by atoms with Gasteiger partial charge in [-0.1, -0.05) is 11.6 Å². The number of likely N-dealkylation sites (tertiary alicyclic amines) is 2. The molecule has 0 saturated carbocycles. The molecule has 27 heavy (non-hydrogen) atoms. The van der Waals surface area contributed by atoms with E-state index < -0.39 is 5.41 Å². The lowest BCUT2D eigenvalue weighted by Gasteiger charge is -2.39. The Morgan fingerprint density at radius 1 is 1.22 bits per heavy atom. The van der Waals surface area contributed by atoms with Gasteiger partial charge in [-0.2, -0.15) is 0 Å². The molecule has 2 fully saturated rings. The van der Waals surface area contributed by atoms with Crippen LogP contribution in [0.1, 0.15) is 35.3 Å². The molecule has 0 radical (unpaired) electrons. The van der Waals surface area contributed by atoms with E-state index >= 15 is 0 Å². The third-order valence-corrected chi connectivity index (χ3v) is 6.25. The number of rotatable bonds is 3. The minimum atomic E-state index is -0.468. The van der Waals surface area contributed by atoms with E-state index in [2.05, 4.69) is 12.1 Å². The van der Waals surface area contributed by atoms with Gasteiger partial charge in [-0.3, -0.25) is 9.59 Å². The standard InChI is InChI=1S/C21H27N3O3/c1-15-4-5-17-16(12-15)13-18(22(17)2)19(26)24-9-7-21(14-24)6-3-8-23(10-11-25)20(21)27/h4-5,12-13,25H,3,6-11,14H2,1-2H3/t21-/m0/s1. The molecule has 2 aromatic rings. The molecule has 1 aromatic heterocycles. The number of hydrogen-bond donors (Lipinski definition) is 1. The van der Waals surface area contributed by atoms with E-state index in [1.807, 2.05) is 35.6 Å². The van der Waals surface area contributed by atoms with E-state index in [1.54, 1.807) is 4.90 Å². The SMILES string of the molecule is Cc1ccc2c(c1)cc(C(=O)N1CC[C@@]3(CCCN(CCO)C3=O)C1)n2C. The van der Waals surface area contributed by atoms with Crippen molar-refractivity contribution in [2.24, 2.45) is 12.5 Å². The summed E-state index contributed by atoms with van der Waals surface area (Å²) in [4.78, 5) is 29.8. The first-order valence-electron chi connectivity index (χ1n) is 9.71. The maximum absolute atomic E-state index is 13.2. The Balaban J connectivity index is 1.58. The predicted molar refractivity (Wildman–Crippen MR) is 104 cm³/mol. The van der Waals surface area contributed by atoms with Crippen LogP contribution in [0.25, 0.3) is 10.9 Å². The van der Waals surface area contributed by atoms with Gasteiger partial charge in [-0.25, -0.2) is 0 Å². The van der Waals surface area contributed by atoms with Crippen LogP contribution in [0.2, 0.25) is 0 Å². The Labute approximate surface area is 159 Å². The van der Waals surface area contributed by atoms with Crippen LogP contribution in [-0.2, 0) is 11.8 Å². The van der Waals surface area contributed by atoms with Gasteiger partial charge in [0.25, 0.3) is 5.91 Å². The third kappa shape index (κ3) is 2.92. The molecule has 6 nitrogen and oxygen atoms in total. The Hall–Kier alpha value is -2.34. The summed E-state index contributed by atoms with van der Waals surface area (Å²) in [5.74, 6) is 0.0982. The van der Waals surface area contributed by atoms with Gasteiger partial charge in [0.05, 0.1) is 12.0 Å². The molecule has 144 valence electrons. The van der Waals surface area contributed by atoms with Crippen molar-refractivity contribution in [2.75, 3.05) is 32.8 Å². The van der Waals surface area contributed by atoms with Crippen molar-refractivity contribution in [1.29, 1.82) is 0 Å². The van der Waals surface area contributed by atoms with Crippen molar-refractivity contribution < 1.29 is 14.7 Å². The second-order valence-electron chi connectivity index (χ2n) is 8.03. The number of β-amino-alcohol motifs (C(OH)–C–C–N with tert-alkyl or cyclic N) is 1. The number of benzene rings is 1. The predicted octanol–water partition coefficient (Wildman–Crippen LogP) is 1.93. The van der Waals surface area contributed by atoms with Gasteiger partial charge < -0.3 is 19.5 Å². The Kier molecular flexibility index (Phi) is 4.46. The molecule has 1 aromatic carbocycles. The molecular weight excluding hydrogens is 342 g/mol. The van der Waals surface area contributed by atoms with Crippen LogP contribution in [0.4, 0.5) is 0 Å². The molecule has 3 heterocycles. The number of carbonyl (C=O) groups is 2. The largest absolute Gasteiger partial charge is 0.395 e. The van der Waals surface area contributed by atoms with Gasteiger partial charge in [0, 0.05) is 44.1 Å². The lowest BCUT2D eigenvalue weighted by molar-refractivity contribution is -0.146. The molecule has 4 rings (SSSR count).